The van der Waals surface area contributed by atoms with Crippen LogP contribution in [0.3, 0.4) is 0 Å². The van der Waals surface area contributed by atoms with E-state index in [1.807, 2.05) is 0 Å². The monoisotopic (exact) mass is 378 g/mol. The number of hydrogen-bond donors (Lipinski definition) is 0. The van der Waals surface area contributed by atoms with Gasteiger partial charge in [0, 0.05) is 0 Å². The molecule has 0 atom stereocenters. The van der Waals surface area contributed by atoms with Gasteiger partial charge in [0.15, 0.2) is 0 Å². The van der Waals surface area contributed by atoms with Gasteiger partial charge in [-0.25, -0.2) is 0 Å². The molecule has 0 aliphatic rings. The van der Waals surface area contributed by atoms with Crippen molar-refractivity contribution >= 4 is 43.9 Å². The van der Waals surface area contributed by atoms with Gasteiger partial charge in [-0.05, 0) is 0 Å². The van der Waals surface area contributed by atoms with Crippen molar-refractivity contribution in [1.82, 2.24) is 0 Å². The molecule has 0 aromatic heterocycles. The molecule has 0 aromatic carbocycles. The molecule has 0 saturated heterocycles. The van der Waals surface area contributed by atoms with Crippen LogP contribution < -0.4 is 0 Å². The molecule has 0 aromatic rings. The molecule has 0 spiro atoms. The second-order valence-electron chi connectivity index (χ2n) is 2.27. The van der Waals surface area contributed by atoms with Crippen LogP contribution in [0.15, 0.2) is 0 Å². The molecule has 5 heteroatoms. The third-order valence-corrected chi connectivity index (χ3v) is 12.5. The zero-order valence-corrected chi connectivity index (χ0v) is 16.6. The molecule has 11 heavy (non-hydrogen) atoms. The van der Waals surface area contributed by atoms with Gasteiger partial charge in [0.1, 0.15) is 0 Å². The molecular formula is C6H18O3Sn2. The summed E-state index contributed by atoms with van der Waals surface area (Å²) in [7, 11) is 0. The average Bonchev–Trinajstić information content (AvgIpc) is 2.05. The SMILES string of the molecule is CCC[O][SnH]([O][SnH3])[O]CCC. The van der Waals surface area contributed by atoms with Gasteiger partial charge in [-0.15, -0.1) is 0 Å². The molecule has 3 nitrogen and oxygen atoms in total. The van der Waals surface area contributed by atoms with Crippen LogP contribution in [0.2, 0.25) is 0 Å². The fraction of sp³-hybridized carbons (Fsp3) is 1.00. The molecule has 0 N–H and O–H groups in total. The summed E-state index contributed by atoms with van der Waals surface area (Å²) in [6.07, 6.45) is 2.11. The Labute approximate surface area is 90.8 Å². The molecule has 0 unspecified atom stereocenters. The Hall–Kier alpha value is 1.48. The van der Waals surface area contributed by atoms with E-state index in [2.05, 4.69) is 13.8 Å². The molecule has 0 rings (SSSR count). The normalized spacial score (nSPS) is 11.2. The third-order valence-electron chi connectivity index (χ3n) is 1.11. The van der Waals surface area contributed by atoms with E-state index in [0.717, 1.165) is 26.1 Å². The van der Waals surface area contributed by atoms with Gasteiger partial charge >= 0.3 is 91.4 Å². The van der Waals surface area contributed by atoms with Crippen LogP contribution in [0.1, 0.15) is 26.7 Å². The Bertz CT molecular complexity index is 74.2. The van der Waals surface area contributed by atoms with Gasteiger partial charge in [-0.2, -0.15) is 0 Å². The topological polar surface area (TPSA) is 27.7 Å². The van der Waals surface area contributed by atoms with Crippen molar-refractivity contribution in [1.29, 1.82) is 0 Å². The van der Waals surface area contributed by atoms with E-state index in [0.29, 0.717) is 0 Å². The van der Waals surface area contributed by atoms with E-state index < -0.39 is 21.0 Å². The number of rotatable bonds is 7. The van der Waals surface area contributed by atoms with E-state index in [-0.39, 0.29) is 22.9 Å². The fourth-order valence-electron chi connectivity index (χ4n) is 0.612. The van der Waals surface area contributed by atoms with Crippen molar-refractivity contribution in [3.8, 4) is 0 Å². The van der Waals surface area contributed by atoms with Crippen molar-refractivity contribution in [3.05, 3.63) is 0 Å². The Morgan fingerprint density at radius 2 is 1.55 bits per heavy atom. The summed E-state index contributed by atoms with van der Waals surface area (Å²) in [6, 6.07) is 0. The van der Waals surface area contributed by atoms with Crippen LogP contribution in [0.25, 0.3) is 0 Å². The van der Waals surface area contributed by atoms with Crippen LogP contribution >= 0.6 is 0 Å². The first-order valence-corrected chi connectivity index (χ1v) is 10.5. The predicted molar refractivity (Wildman–Crippen MR) is 50.7 cm³/mol. The van der Waals surface area contributed by atoms with E-state index in [1.165, 1.54) is 0 Å². The molecule has 0 heterocycles. The van der Waals surface area contributed by atoms with Crippen molar-refractivity contribution in [2.75, 3.05) is 13.2 Å². The first-order valence-electron chi connectivity index (χ1n) is 4.11. The first kappa shape index (κ1) is 12.5. The predicted octanol–water partition coefficient (Wildman–Crippen LogP) is -0.146. The molecular weight excluding hydrogens is 357 g/mol. The molecule has 0 bridgehead atoms. The second-order valence-corrected chi connectivity index (χ2v) is 16.2. The van der Waals surface area contributed by atoms with Crippen molar-refractivity contribution in [2.45, 2.75) is 26.7 Å². The van der Waals surface area contributed by atoms with Crippen LogP contribution in [0, 0.1) is 0 Å². The molecule has 0 aliphatic carbocycles. The third kappa shape index (κ3) is 7.83. The molecule has 68 valence electrons. The van der Waals surface area contributed by atoms with E-state index in [9.17, 15) is 0 Å². The molecule has 0 amide bonds. The molecule has 0 saturated carbocycles. The second kappa shape index (κ2) is 9.56. The summed E-state index contributed by atoms with van der Waals surface area (Å²) in [5, 5.41) is 0. The van der Waals surface area contributed by atoms with Gasteiger partial charge in [-0.3, -0.25) is 0 Å². The Morgan fingerprint density at radius 1 is 1.09 bits per heavy atom. The Kier molecular flexibility index (Phi) is 10.8. The van der Waals surface area contributed by atoms with Gasteiger partial charge in [0.2, 0.25) is 0 Å². The van der Waals surface area contributed by atoms with Crippen molar-refractivity contribution in [3.63, 3.8) is 0 Å². The minimum absolute atomic E-state index is 0.276. The standard InChI is InChI=1S/2C3H7O.O.2Sn.4H/c2*1-2-3-4;;;;;;;/h2*2-3H2,1H3;;;;;;;/q2*-1;;;+2;;;;. The summed E-state index contributed by atoms with van der Waals surface area (Å²) < 4.78 is 16.3. The maximum absolute atomic E-state index is 5.46. The van der Waals surface area contributed by atoms with Gasteiger partial charge in [0.25, 0.3) is 0 Å². The quantitative estimate of drug-likeness (QED) is 0.580. The van der Waals surface area contributed by atoms with E-state index in [4.69, 9.17) is 7.56 Å². The van der Waals surface area contributed by atoms with Crippen molar-refractivity contribution < 1.29 is 7.56 Å². The summed E-state index contributed by atoms with van der Waals surface area (Å²) in [5.74, 6) is 0. The number of hydrogen-bond acceptors (Lipinski definition) is 3. The summed E-state index contributed by atoms with van der Waals surface area (Å²) in [5.41, 5.74) is 0. The molecule has 0 radical (unpaired) electrons. The Morgan fingerprint density at radius 3 is 1.82 bits per heavy atom. The van der Waals surface area contributed by atoms with Crippen LogP contribution in [0.5, 0.6) is 0 Å². The van der Waals surface area contributed by atoms with Gasteiger partial charge in [-0.1, -0.05) is 0 Å². The first-order chi connectivity index (χ1) is 5.35. The van der Waals surface area contributed by atoms with Crippen molar-refractivity contribution in [2.24, 2.45) is 0 Å². The van der Waals surface area contributed by atoms with Gasteiger partial charge < -0.3 is 0 Å². The maximum atomic E-state index is 5.46. The Balaban J connectivity index is 3.25. The van der Waals surface area contributed by atoms with Gasteiger partial charge in [0.05, 0.1) is 0 Å². The average molecular weight is 376 g/mol. The zero-order valence-electron chi connectivity index (χ0n) is 7.63. The molecule has 0 fully saturated rings. The molecule has 0 aliphatic heterocycles. The summed E-state index contributed by atoms with van der Waals surface area (Å²) in [6.45, 7) is 5.82. The van der Waals surface area contributed by atoms with E-state index in [1.54, 1.807) is 0 Å². The zero-order chi connectivity index (χ0) is 8.53. The fourth-order valence-corrected chi connectivity index (χ4v) is 9.32. The van der Waals surface area contributed by atoms with Crippen LogP contribution in [-0.4, -0.2) is 57.2 Å². The summed E-state index contributed by atoms with van der Waals surface area (Å²) >= 11 is -2.03. The van der Waals surface area contributed by atoms with Crippen LogP contribution in [-0.2, 0) is 7.56 Å². The van der Waals surface area contributed by atoms with E-state index >= 15 is 0 Å². The summed E-state index contributed by atoms with van der Waals surface area (Å²) in [4.78, 5) is 0. The minimum atomic E-state index is -2.31. The van der Waals surface area contributed by atoms with Crippen LogP contribution in [0.4, 0.5) is 0 Å².